The van der Waals surface area contributed by atoms with E-state index >= 15 is 0 Å². The molecular weight excluding hydrogens is 376 g/mol. The van der Waals surface area contributed by atoms with Gasteiger partial charge in [-0.3, -0.25) is 0 Å². The molecule has 1 atom stereocenters. The van der Waals surface area contributed by atoms with Gasteiger partial charge in [0.2, 0.25) is 10.0 Å². The van der Waals surface area contributed by atoms with E-state index in [-0.39, 0.29) is 15.6 Å². The summed E-state index contributed by atoms with van der Waals surface area (Å²) in [6.07, 6.45) is 5.08. The van der Waals surface area contributed by atoms with Crippen LogP contribution in [0.5, 0.6) is 0 Å². The van der Waals surface area contributed by atoms with Crippen LogP contribution in [0.2, 0.25) is 0 Å². The van der Waals surface area contributed by atoms with Gasteiger partial charge in [-0.25, -0.2) is 13.1 Å². The molecule has 0 amide bonds. The molecule has 1 aliphatic rings. The van der Waals surface area contributed by atoms with Gasteiger partial charge in [-0.1, -0.05) is 6.92 Å². The van der Waals surface area contributed by atoms with E-state index in [0.717, 1.165) is 12.2 Å². The molecule has 0 aromatic carbocycles. The van der Waals surface area contributed by atoms with E-state index in [2.05, 4.69) is 26.0 Å². The summed E-state index contributed by atoms with van der Waals surface area (Å²) in [4.78, 5) is 0.176. The monoisotopic (exact) mass is 396 g/mol. The van der Waals surface area contributed by atoms with Crippen molar-refractivity contribution < 1.29 is 12.8 Å². The lowest BCUT2D eigenvalue weighted by atomic mass is 10.3. The molecule has 1 heterocycles. The van der Waals surface area contributed by atoms with Crippen LogP contribution in [0.4, 0.5) is 0 Å². The van der Waals surface area contributed by atoms with Gasteiger partial charge in [-0.05, 0) is 41.4 Å². The fraction of sp³-hybridized carbons (Fsp3) is 0.692. The van der Waals surface area contributed by atoms with Crippen molar-refractivity contribution in [3.05, 3.63) is 16.5 Å². The number of hydrogen-bond acceptors (Lipinski definition) is 5. The smallest absolute Gasteiger partial charge is 0.245 e. The average molecular weight is 397 g/mol. The van der Waals surface area contributed by atoms with Crippen molar-refractivity contribution in [3.63, 3.8) is 0 Å². The van der Waals surface area contributed by atoms with Crippen LogP contribution in [0.3, 0.4) is 0 Å². The van der Waals surface area contributed by atoms with Crippen molar-refractivity contribution in [2.75, 3.05) is 12.0 Å². The second-order valence-electron chi connectivity index (χ2n) is 5.19. The Labute approximate surface area is 138 Å². The minimum absolute atomic E-state index is 0.0696. The molecule has 1 aromatic rings. The molecule has 120 valence electrons. The fourth-order valence-electron chi connectivity index (χ4n) is 1.92. The van der Waals surface area contributed by atoms with Crippen LogP contribution in [-0.2, 0) is 16.6 Å². The average Bonchev–Trinajstić information content (AvgIpc) is 3.18. The van der Waals surface area contributed by atoms with Gasteiger partial charge >= 0.3 is 0 Å². The number of thioether (sulfide) groups is 1. The lowest BCUT2D eigenvalue weighted by molar-refractivity contribution is 0.459. The predicted octanol–water partition coefficient (Wildman–Crippen LogP) is 2.71. The maximum absolute atomic E-state index is 12.4. The first-order chi connectivity index (χ1) is 9.96. The van der Waals surface area contributed by atoms with E-state index in [1.807, 2.05) is 13.2 Å². The van der Waals surface area contributed by atoms with Gasteiger partial charge in [0.05, 0.1) is 6.54 Å². The van der Waals surface area contributed by atoms with E-state index in [0.29, 0.717) is 18.3 Å². The Morgan fingerprint density at radius 2 is 2.24 bits per heavy atom. The summed E-state index contributed by atoms with van der Waals surface area (Å²) in [7, 11) is -3.56. The van der Waals surface area contributed by atoms with Gasteiger partial charge in [0.25, 0.3) is 0 Å². The van der Waals surface area contributed by atoms with E-state index in [1.165, 1.54) is 12.8 Å². The van der Waals surface area contributed by atoms with Crippen LogP contribution >= 0.6 is 27.7 Å². The number of furan rings is 1. The first kappa shape index (κ1) is 17.3. The third kappa shape index (κ3) is 4.99. The molecule has 0 saturated heterocycles. The van der Waals surface area contributed by atoms with Crippen LogP contribution in [0.25, 0.3) is 0 Å². The van der Waals surface area contributed by atoms with Gasteiger partial charge in [0.1, 0.15) is 10.7 Å². The quantitative estimate of drug-likeness (QED) is 0.671. The highest BCUT2D eigenvalue weighted by molar-refractivity contribution is 9.10. The summed E-state index contributed by atoms with van der Waals surface area (Å²) >= 11 is 4.83. The summed E-state index contributed by atoms with van der Waals surface area (Å²) in [6, 6.07) is 2.08. The minimum atomic E-state index is -3.56. The first-order valence-electron chi connectivity index (χ1n) is 6.99. The maximum Gasteiger partial charge on any atom is 0.245 e. The normalized spacial score (nSPS) is 17.1. The Morgan fingerprint density at radius 3 is 2.81 bits per heavy atom. The van der Waals surface area contributed by atoms with Crippen LogP contribution < -0.4 is 10.0 Å². The molecule has 0 bridgehead atoms. The zero-order valence-corrected chi connectivity index (χ0v) is 15.4. The molecule has 0 spiro atoms. The molecule has 0 aliphatic heterocycles. The highest BCUT2D eigenvalue weighted by Gasteiger charge is 2.26. The summed E-state index contributed by atoms with van der Waals surface area (Å²) < 4.78 is 33.3. The van der Waals surface area contributed by atoms with Gasteiger partial charge in [0, 0.05) is 23.9 Å². The third-order valence-corrected chi connectivity index (χ3v) is 6.43. The molecule has 8 heteroatoms. The van der Waals surface area contributed by atoms with E-state index in [4.69, 9.17) is 4.42 Å². The molecule has 1 unspecified atom stereocenters. The fourth-order valence-corrected chi connectivity index (χ4v) is 5.06. The number of nitrogens with one attached hydrogen (secondary N) is 2. The van der Waals surface area contributed by atoms with Crippen molar-refractivity contribution in [2.24, 2.45) is 0 Å². The summed E-state index contributed by atoms with van der Waals surface area (Å²) in [5.41, 5.74) is 0. The first-order valence-corrected chi connectivity index (χ1v) is 10.7. The molecule has 21 heavy (non-hydrogen) atoms. The van der Waals surface area contributed by atoms with Crippen molar-refractivity contribution in [1.29, 1.82) is 0 Å². The number of hydrogen-bond donors (Lipinski definition) is 2. The Balaban J connectivity index is 2.07. The van der Waals surface area contributed by atoms with Gasteiger partial charge in [0.15, 0.2) is 4.67 Å². The molecule has 2 rings (SSSR count). The molecular formula is C13H21BrN2O3S2. The zero-order chi connectivity index (χ0) is 15.5. The summed E-state index contributed by atoms with van der Waals surface area (Å²) in [5, 5.41) is 3.30. The zero-order valence-electron chi connectivity index (χ0n) is 12.2. The van der Waals surface area contributed by atoms with Gasteiger partial charge in [-0.2, -0.15) is 11.8 Å². The van der Waals surface area contributed by atoms with Crippen LogP contribution in [0, 0.1) is 0 Å². The number of sulfonamides is 1. The van der Waals surface area contributed by atoms with Gasteiger partial charge in [-0.15, -0.1) is 0 Å². The van der Waals surface area contributed by atoms with Crippen molar-refractivity contribution in [1.82, 2.24) is 10.0 Å². The minimum Gasteiger partial charge on any atom is -0.452 e. The Kier molecular flexibility index (Phi) is 6.19. The Bertz CT molecular complexity index is 570. The molecule has 5 nitrogen and oxygen atoms in total. The number of halogens is 1. The lowest BCUT2D eigenvalue weighted by Crippen LogP contribution is -2.36. The highest BCUT2D eigenvalue weighted by atomic mass is 79.9. The van der Waals surface area contributed by atoms with Crippen LogP contribution in [-0.4, -0.2) is 32.5 Å². The third-order valence-electron chi connectivity index (χ3n) is 3.32. The SMILES string of the molecule is CCC(CSC)NS(=O)(=O)c1cc(CNC2CC2)oc1Br. The van der Waals surface area contributed by atoms with E-state index < -0.39 is 10.0 Å². The second kappa shape index (κ2) is 7.50. The predicted molar refractivity (Wildman–Crippen MR) is 89.1 cm³/mol. The Hall–Kier alpha value is -0.0200. The van der Waals surface area contributed by atoms with Gasteiger partial charge < -0.3 is 9.73 Å². The molecule has 1 aromatic heterocycles. The molecule has 1 aliphatic carbocycles. The van der Waals surface area contributed by atoms with Crippen LogP contribution in [0.15, 0.2) is 20.0 Å². The summed E-state index contributed by atoms with van der Waals surface area (Å²) in [6.45, 7) is 2.53. The standard InChI is InChI=1S/C13H21BrN2O3S2/c1-3-9(8-20-2)16-21(17,18)12-6-11(19-13(12)14)7-15-10-4-5-10/h6,9-10,15-16H,3-5,7-8H2,1-2H3. The highest BCUT2D eigenvalue weighted by Crippen LogP contribution is 2.27. The lowest BCUT2D eigenvalue weighted by Gasteiger charge is -2.15. The molecule has 1 saturated carbocycles. The summed E-state index contributed by atoms with van der Waals surface area (Å²) in [5.74, 6) is 1.38. The van der Waals surface area contributed by atoms with Crippen molar-refractivity contribution in [2.45, 2.75) is 49.7 Å². The Morgan fingerprint density at radius 1 is 1.52 bits per heavy atom. The van der Waals surface area contributed by atoms with Crippen molar-refractivity contribution >= 4 is 37.7 Å². The van der Waals surface area contributed by atoms with E-state index in [9.17, 15) is 8.42 Å². The number of rotatable bonds is 9. The van der Waals surface area contributed by atoms with E-state index in [1.54, 1.807) is 17.8 Å². The van der Waals surface area contributed by atoms with Crippen molar-refractivity contribution in [3.8, 4) is 0 Å². The largest absolute Gasteiger partial charge is 0.452 e. The molecule has 0 radical (unpaired) electrons. The van der Waals surface area contributed by atoms with Crippen LogP contribution in [0.1, 0.15) is 31.9 Å². The second-order valence-corrected chi connectivity index (χ2v) is 8.50. The molecule has 2 N–H and O–H groups in total. The topological polar surface area (TPSA) is 71.3 Å². The molecule has 1 fully saturated rings. The maximum atomic E-state index is 12.4.